The van der Waals surface area contributed by atoms with E-state index in [1.807, 2.05) is 54.6 Å². The number of carbonyl (C=O) groups excluding carboxylic acids is 3. The summed E-state index contributed by atoms with van der Waals surface area (Å²) in [6, 6.07) is 23.9. The van der Waals surface area contributed by atoms with Crippen molar-refractivity contribution in [3.63, 3.8) is 0 Å². The van der Waals surface area contributed by atoms with E-state index >= 15 is 0 Å². The number of rotatable bonds is 7. The number of amides is 3. The van der Waals surface area contributed by atoms with Crippen LogP contribution in [0.3, 0.4) is 0 Å². The van der Waals surface area contributed by atoms with Crippen molar-refractivity contribution in [3.05, 3.63) is 99.0 Å². The number of benzene rings is 3. The van der Waals surface area contributed by atoms with Gasteiger partial charge in [-0.2, -0.15) is 0 Å². The topological polar surface area (TPSA) is 118 Å². The van der Waals surface area contributed by atoms with Gasteiger partial charge in [-0.25, -0.2) is 0 Å². The number of aromatic amines is 1. The van der Waals surface area contributed by atoms with E-state index in [9.17, 15) is 19.2 Å². The van der Waals surface area contributed by atoms with Crippen molar-refractivity contribution >= 4 is 52.2 Å². The minimum Gasteiger partial charge on any atom is -0.497 e. The highest BCUT2D eigenvalue weighted by atomic mass is 32.2. The molecule has 2 aliphatic carbocycles. The fourth-order valence-corrected chi connectivity index (χ4v) is 11.0. The molecular weight excluding hydrogens is 611 g/mol. The maximum absolute atomic E-state index is 14.0. The van der Waals surface area contributed by atoms with Gasteiger partial charge in [-0.05, 0) is 66.6 Å². The number of methoxy groups -OCH3 is 1. The summed E-state index contributed by atoms with van der Waals surface area (Å²) in [5.41, 5.74) is 2.12. The summed E-state index contributed by atoms with van der Waals surface area (Å²) in [6.07, 6.45) is 0.782. The first-order valence-corrected chi connectivity index (χ1v) is 16.6. The average Bonchev–Trinajstić information content (AvgIpc) is 3.79. The van der Waals surface area contributed by atoms with Crippen LogP contribution in [-0.2, 0) is 14.4 Å². The Kier molecular flexibility index (Phi) is 6.83. The number of thioether (sulfide) groups is 1. The van der Waals surface area contributed by atoms with E-state index in [-0.39, 0.29) is 64.0 Å². The number of hydrogen-bond donors (Lipinski definition) is 2. The third kappa shape index (κ3) is 4.51. The molecule has 4 aliphatic rings. The summed E-state index contributed by atoms with van der Waals surface area (Å²) in [5, 5.41) is 3.72. The number of nitrogens with zero attached hydrogens (tertiary/aromatic N) is 1. The molecule has 9 nitrogen and oxygen atoms in total. The molecule has 2 saturated carbocycles. The van der Waals surface area contributed by atoms with Gasteiger partial charge in [-0.15, -0.1) is 11.8 Å². The lowest BCUT2D eigenvalue weighted by atomic mass is 9.68. The summed E-state index contributed by atoms with van der Waals surface area (Å²) in [7, 11) is 1.58. The number of para-hydroxylation sites is 2. The number of carbonyl (C=O) groups is 3. The molecule has 4 aromatic rings. The van der Waals surface area contributed by atoms with E-state index in [0.29, 0.717) is 22.9 Å². The van der Waals surface area contributed by atoms with Crippen molar-refractivity contribution in [3.8, 4) is 11.5 Å². The minimum atomic E-state index is -0.420. The zero-order valence-corrected chi connectivity index (χ0v) is 25.8. The van der Waals surface area contributed by atoms with Gasteiger partial charge >= 0.3 is 4.87 Å². The number of nitrogens with one attached hydrogen (secondary N) is 2. The van der Waals surface area contributed by atoms with Crippen molar-refractivity contribution < 1.29 is 23.9 Å². The number of thiazole rings is 1. The van der Waals surface area contributed by atoms with E-state index < -0.39 is 5.92 Å². The number of ether oxygens (including phenoxy) is 2. The number of aromatic nitrogens is 1. The summed E-state index contributed by atoms with van der Waals surface area (Å²) in [5.74, 6) is -0.422. The Balaban J connectivity index is 1.13. The SMILES string of the molecule is COc1ccc(N2C(=O)C3C4CC(C3C2=O)C2C4Sc3[nH]c(=O)sc3[C@@H]2c2ccccc2OCC(=O)Nc2ccccc2)cc1. The van der Waals surface area contributed by atoms with Crippen LogP contribution in [0.2, 0.25) is 0 Å². The van der Waals surface area contributed by atoms with Crippen molar-refractivity contribution in [2.45, 2.75) is 22.6 Å². The lowest BCUT2D eigenvalue weighted by molar-refractivity contribution is -0.123. The van der Waals surface area contributed by atoms with E-state index in [4.69, 9.17) is 9.47 Å². The molecule has 6 unspecified atom stereocenters. The Bertz CT molecular complexity index is 1870. The van der Waals surface area contributed by atoms with Crippen LogP contribution in [0.15, 0.2) is 88.7 Å². The van der Waals surface area contributed by atoms with Crippen LogP contribution in [0.4, 0.5) is 11.4 Å². The zero-order chi connectivity index (χ0) is 30.8. The molecule has 2 bridgehead atoms. The second-order valence-corrected chi connectivity index (χ2v) is 14.1. The van der Waals surface area contributed by atoms with Crippen LogP contribution < -0.4 is 24.6 Å². The highest BCUT2D eigenvalue weighted by Crippen LogP contribution is 2.69. The third-order valence-corrected chi connectivity index (χ3v) is 12.3. The summed E-state index contributed by atoms with van der Waals surface area (Å²) in [4.78, 5) is 58.6. The van der Waals surface area contributed by atoms with Crippen molar-refractivity contribution in [1.82, 2.24) is 4.98 Å². The molecule has 0 spiro atoms. The van der Waals surface area contributed by atoms with Gasteiger partial charge in [0.25, 0.3) is 5.91 Å². The third-order valence-electron chi connectivity index (χ3n) is 9.72. The number of H-pyrrole nitrogens is 1. The number of hydrogen-bond acceptors (Lipinski definition) is 8. The van der Waals surface area contributed by atoms with Crippen LogP contribution in [0.1, 0.15) is 22.8 Å². The first-order chi connectivity index (χ1) is 21.9. The zero-order valence-electron chi connectivity index (χ0n) is 24.2. The van der Waals surface area contributed by atoms with Gasteiger partial charge in [0.2, 0.25) is 11.8 Å². The Morgan fingerprint density at radius 2 is 1.64 bits per heavy atom. The molecule has 7 atom stereocenters. The molecule has 3 heterocycles. The summed E-state index contributed by atoms with van der Waals surface area (Å²) < 4.78 is 11.4. The molecule has 1 aromatic heterocycles. The minimum absolute atomic E-state index is 0.00141. The van der Waals surface area contributed by atoms with Gasteiger partial charge in [0, 0.05) is 27.3 Å². The van der Waals surface area contributed by atoms with E-state index in [1.54, 1.807) is 43.1 Å². The van der Waals surface area contributed by atoms with E-state index in [0.717, 1.165) is 21.9 Å². The Hall–Kier alpha value is -4.35. The van der Waals surface area contributed by atoms with Gasteiger partial charge in [0.1, 0.15) is 11.5 Å². The van der Waals surface area contributed by atoms with Gasteiger partial charge in [0.05, 0.1) is 29.7 Å². The molecule has 8 rings (SSSR count). The monoisotopic (exact) mass is 639 g/mol. The molecule has 3 amide bonds. The second kappa shape index (κ2) is 10.9. The first-order valence-electron chi connectivity index (χ1n) is 14.9. The van der Waals surface area contributed by atoms with Gasteiger partial charge in [0.15, 0.2) is 6.61 Å². The van der Waals surface area contributed by atoms with Gasteiger partial charge in [-0.3, -0.25) is 24.1 Å². The average molecular weight is 640 g/mol. The molecule has 2 N–H and O–H groups in total. The van der Waals surface area contributed by atoms with Gasteiger partial charge < -0.3 is 19.8 Å². The summed E-state index contributed by atoms with van der Waals surface area (Å²) in [6.45, 7) is -0.182. The lowest BCUT2D eigenvalue weighted by Gasteiger charge is -2.43. The van der Waals surface area contributed by atoms with Crippen LogP contribution in [-0.4, -0.2) is 41.7 Å². The fraction of sp³-hybridized carbons (Fsp3) is 0.294. The van der Waals surface area contributed by atoms with Crippen LogP contribution >= 0.6 is 23.1 Å². The van der Waals surface area contributed by atoms with E-state index in [1.165, 1.54) is 16.2 Å². The lowest BCUT2D eigenvalue weighted by Crippen LogP contribution is -2.42. The molecule has 11 heteroatoms. The Morgan fingerprint density at radius 1 is 0.933 bits per heavy atom. The molecule has 3 fully saturated rings. The molecule has 228 valence electrons. The number of imide groups is 1. The standard InChI is InChI=1S/C34H29N3O6S2/c1-42-19-13-11-18(12-14-19)37-32(39)27-21-15-22(28(27)33(37)40)29-26(21)25(30-31(44-29)36-34(41)45-30)20-9-5-6-10-23(20)43-16-24(38)35-17-7-3-2-4-8-17/h2-14,21-22,25-29H,15-16H2,1H3,(H,35,38)(H,36,41)/t21?,22?,25-,26?,27?,28?,29?/m1/s1. The van der Waals surface area contributed by atoms with Crippen molar-refractivity contribution in [2.24, 2.45) is 29.6 Å². The first kappa shape index (κ1) is 28.1. The highest BCUT2D eigenvalue weighted by molar-refractivity contribution is 8.00. The van der Waals surface area contributed by atoms with Crippen LogP contribution in [0.25, 0.3) is 0 Å². The molecule has 45 heavy (non-hydrogen) atoms. The largest absolute Gasteiger partial charge is 0.497 e. The predicted octanol–water partition coefficient (Wildman–Crippen LogP) is 5.14. The highest BCUT2D eigenvalue weighted by Gasteiger charge is 2.69. The van der Waals surface area contributed by atoms with Crippen LogP contribution in [0, 0.1) is 29.6 Å². The molecule has 0 radical (unpaired) electrons. The fourth-order valence-electron chi connectivity index (χ4n) is 8.08. The van der Waals surface area contributed by atoms with Crippen molar-refractivity contribution in [2.75, 3.05) is 23.9 Å². The maximum atomic E-state index is 14.0. The van der Waals surface area contributed by atoms with Crippen molar-refractivity contribution in [1.29, 1.82) is 0 Å². The normalized spacial score (nSPS) is 27.6. The summed E-state index contributed by atoms with van der Waals surface area (Å²) >= 11 is 2.83. The Labute approximate surface area is 266 Å². The quantitative estimate of drug-likeness (QED) is 0.269. The number of anilines is 2. The second-order valence-electron chi connectivity index (χ2n) is 11.9. The molecule has 1 saturated heterocycles. The molecular formula is C34H29N3O6S2. The molecule has 3 aromatic carbocycles. The predicted molar refractivity (Wildman–Crippen MR) is 171 cm³/mol. The smallest absolute Gasteiger partial charge is 0.305 e. The van der Waals surface area contributed by atoms with Gasteiger partial charge in [-0.1, -0.05) is 47.7 Å². The van der Waals surface area contributed by atoms with E-state index in [2.05, 4.69) is 10.3 Å². The number of fused-ring (bicyclic) bond motifs is 9. The van der Waals surface area contributed by atoms with Crippen LogP contribution in [0.5, 0.6) is 11.5 Å². The molecule has 2 aliphatic heterocycles. The maximum Gasteiger partial charge on any atom is 0.305 e. The Morgan fingerprint density at radius 3 is 2.40 bits per heavy atom.